The van der Waals surface area contributed by atoms with Gasteiger partial charge in [-0.05, 0) is 37.6 Å². The maximum absolute atomic E-state index is 12.4. The van der Waals surface area contributed by atoms with E-state index in [1.807, 2.05) is 13.8 Å². The molecular weight excluding hydrogens is 372 g/mol. The third-order valence-corrected chi connectivity index (χ3v) is 5.11. The minimum atomic E-state index is -1.47. The number of benzene rings is 2. The van der Waals surface area contributed by atoms with Gasteiger partial charge >= 0.3 is 11.9 Å². The maximum atomic E-state index is 12.4. The minimum absolute atomic E-state index is 0.0720. The first-order valence-electron chi connectivity index (χ1n) is 9.17. The number of carboxylic acid groups (broad SMARTS) is 1. The number of aliphatic hydroxyl groups is 1. The molecule has 1 aliphatic rings. The average Bonchev–Trinajstić information content (AvgIpc) is 3.03. The normalized spacial score (nSPS) is 23.4. The van der Waals surface area contributed by atoms with Gasteiger partial charge in [-0.1, -0.05) is 41.3 Å². The Balaban J connectivity index is 1.91. The standard InChI is InChI=1S/C23H22O6/c1-4-23(13-28-22(27)16-8-5-14(2)6-9-16)19(12-20(24)29-23)18-11-15(3)7-10-17(18)21(25)26/h1,5-11,19-20,24H,12-13H2,2-3H3,(H,25,26)/t19-,20?,23+/m0/s1. The SMILES string of the molecule is C#C[C@]1(COC(=O)c2ccc(C)cc2)OC(O)C[C@H]1c1cc(C)ccc1C(=O)O. The number of hydrogen-bond acceptors (Lipinski definition) is 5. The van der Waals surface area contributed by atoms with Gasteiger partial charge in [0.15, 0.2) is 11.9 Å². The number of rotatable bonds is 5. The molecule has 0 spiro atoms. The molecule has 0 aromatic heterocycles. The zero-order valence-electron chi connectivity index (χ0n) is 16.2. The Morgan fingerprint density at radius 3 is 2.48 bits per heavy atom. The maximum Gasteiger partial charge on any atom is 0.338 e. The van der Waals surface area contributed by atoms with E-state index < -0.39 is 29.7 Å². The smallest absolute Gasteiger partial charge is 0.338 e. The average molecular weight is 394 g/mol. The highest BCUT2D eigenvalue weighted by molar-refractivity contribution is 5.90. The van der Waals surface area contributed by atoms with E-state index in [9.17, 15) is 19.8 Å². The molecule has 0 saturated carbocycles. The van der Waals surface area contributed by atoms with Gasteiger partial charge in [0, 0.05) is 12.3 Å². The van der Waals surface area contributed by atoms with Crippen LogP contribution >= 0.6 is 0 Å². The number of terminal acetylenes is 1. The second-order valence-corrected chi connectivity index (χ2v) is 7.23. The summed E-state index contributed by atoms with van der Waals surface area (Å²) in [6.07, 6.45) is 4.64. The van der Waals surface area contributed by atoms with Crippen LogP contribution in [0.25, 0.3) is 0 Å². The molecule has 2 N–H and O–H groups in total. The molecule has 2 aromatic carbocycles. The first-order chi connectivity index (χ1) is 13.8. The van der Waals surface area contributed by atoms with Gasteiger partial charge in [-0.3, -0.25) is 0 Å². The van der Waals surface area contributed by atoms with E-state index in [2.05, 4.69) is 5.92 Å². The fourth-order valence-corrected chi connectivity index (χ4v) is 3.57. The molecule has 6 nitrogen and oxygen atoms in total. The van der Waals surface area contributed by atoms with Crippen molar-refractivity contribution in [2.45, 2.75) is 38.1 Å². The molecule has 150 valence electrons. The highest BCUT2D eigenvalue weighted by atomic mass is 16.6. The largest absolute Gasteiger partial charge is 0.478 e. The van der Waals surface area contributed by atoms with E-state index in [0.29, 0.717) is 11.1 Å². The van der Waals surface area contributed by atoms with Gasteiger partial charge in [-0.2, -0.15) is 0 Å². The van der Waals surface area contributed by atoms with Crippen molar-refractivity contribution >= 4 is 11.9 Å². The predicted molar refractivity (Wildman–Crippen MR) is 106 cm³/mol. The summed E-state index contributed by atoms with van der Waals surface area (Å²) >= 11 is 0. The Kier molecular flexibility index (Phi) is 5.73. The van der Waals surface area contributed by atoms with Crippen LogP contribution in [0.5, 0.6) is 0 Å². The van der Waals surface area contributed by atoms with E-state index in [4.69, 9.17) is 15.9 Å². The van der Waals surface area contributed by atoms with Crippen molar-refractivity contribution in [1.29, 1.82) is 0 Å². The van der Waals surface area contributed by atoms with E-state index in [1.54, 1.807) is 36.4 Å². The molecule has 1 unspecified atom stereocenters. The third kappa shape index (κ3) is 4.16. The zero-order chi connectivity index (χ0) is 21.2. The lowest BCUT2D eigenvalue weighted by molar-refractivity contribution is -0.131. The lowest BCUT2D eigenvalue weighted by Crippen LogP contribution is -2.39. The molecular formula is C23H22O6. The fraction of sp³-hybridized carbons (Fsp3) is 0.304. The van der Waals surface area contributed by atoms with Crippen LogP contribution < -0.4 is 0 Å². The zero-order valence-corrected chi connectivity index (χ0v) is 16.2. The minimum Gasteiger partial charge on any atom is -0.478 e. The molecule has 1 saturated heterocycles. The summed E-state index contributed by atoms with van der Waals surface area (Å²) in [7, 11) is 0. The van der Waals surface area contributed by atoms with Gasteiger partial charge in [-0.25, -0.2) is 9.59 Å². The number of carbonyl (C=O) groups is 2. The summed E-state index contributed by atoms with van der Waals surface area (Å²) in [5, 5.41) is 19.7. The van der Waals surface area contributed by atoms with Crippen LogP contribution in [-0.2, 0) is 9.47 Å². The van der Waals surface area contributed by atoms with Gasteiger partial charge < -0.3 is 19.7 Å². The topological polar surface area (TPSA) is 93.1 Å². The highest BCUT2D eigenvalue weighted by Gasteiger charge is 2.50. The van der Waals surface area contributed by atoms with E-state index in [0.717, 1.165) is 11.1 Å². The number of hydrogen-bond donors (Lipinski definition) is 2. The van der Waals surface area contributed by atoms with E-state index >= 15 is 0 Å². The predicted octanol–water partition coefficient (Wildman–Crippen LogP) is 3.05. The summed E-state index contributed by atoms with van der Waals surface area (Å²) in [5.74, 6) is 0.167. The van der Waals surface area contributed by atoms with Crippen molar-refractivity contribution in [2.24, 2.45) is 0 Å². The Morgan fingerprint density at radius 2 is 1.86 bits per heavy atom. The Hall–Kier alpha value is -3.14. The molecule has 1 fully saturated rings. The molecule has 1 aliphatic heterocycles. The molecule has 3 atom stereocenters. The lowest BCUT2D eigenvalue weighted by Gasteiger charge is -2.29. The molecule has 6 heteroatoms. The first kappa shape index (κ1) is 20.6. The molecule has 0 radical (unpaired) electrons. The number of ether oxygens (including phenoxy) is 2. The Labute approximate surface area is 169 Å². The number of aliphatic hydroxyl groups excluding tert-OH is 1. The lowest BCUT2D eigenvalue weighted by atomic mass is 9.80. The number of aromatic carboxylic acids is 1. The molecule has 3 rings (SSSR count). The quantitative estimate of drug-likeness (QED) is 0.598. The van der Waals surface area contributed by atoms with E-state index in [-0.39, 0.29) is 18.6 Å². The number of esters is 1. The summed E-state index contributed by atoms with van der Waals surface area (Å²) in [6, 6.07) is 11.8. The van der Waals surface area contributed by atoms with Gasteiger partial charge in [0.2, 0.25) is 0 Å². The summed E-state index contributed by atoms with van der Waals surface area (Å²) in [5.41, 5.74) is 1.25. The van der Waals surface area contributed by atoms with Gasteiger partial charge in [-0.15, -0.1) is 6.42 Å². The molecule has 29 heavy (non-hydrogen) atoms. The van der Waals surface area contributed by atoms with Crippen LogP contribution in [0.2, 0.25) is 0 Å². The van der Waals surface area contributed by atoms with Crippen molar-refractivity contribution in [3.8, 4) is 12.3 Å². The van der Waals surface area contributed by atoms with Crippen molar-refractivity contribution in [1.82, 2.24) is 0 Å². The first-order valence-corrected chi connectivity index (χ1v) is 9.17. The van der Waals surface area contributed by atoms with Crippen LogP contribution in [0.3, 0.4) is 0 Å². The number of carboxylic acids is 1. The van der Waals surface area contributed by atoms with Crippen LogP contribution in [0.15, 0.2) is 42.5 Å². The molecule has 1 heterocycles. The number of carbonyl (C=O) groups excluding carboxylic acids is 1. The second-order valence-electron chi connectivity index (χ2n) is 7.23. The molecule has 2 aromatic rings. The Bertz CT molecular complexity index is 972. The van der Waals surface area contributed by atoms with Gasteiger partial charge in [0.25, 0.3) is 0 Å². The van der Waals surface area contributed by atoms with Crippen LogP contribution in [0.1, 0.15) is 49.7 Å². The van der Waals surface area contributed by atoms with Gasteiger partial charge in [0.05, 0.1) is 11.1 Å². The van der Waals surface area contributed by atoms with E-state index in [1.165, 1.54) is 6.07 Å². The van der Waals surface area contributed by atoms with Crippen LogP contribution in [0, 0.1) is 26.2 Å². The van der Waals surface area contributed by atoms with Crippen molar-refractivity contribution < 1.29 is 29.3 Å². The van der Waals surface area contributed by atoms with Crippen molar-refractivity contribution in [3.05, 3.63) is 70.3 Å². The summed E-state index contributed by atoms with van der Waals surface area (Å²) < 4.78 is 11.0. The number of aryl methyl sites for hydroxylation is 2. The molecule has 0 aliphatic carbocycles. The van der Waals surface area contributed by atoms with Crippen molar-refractivity contribution in [2.75, 3.05) is 6.61 Å². The Morgan fingerprint density at radius 1 is 1.21 bits per heavy atom. The summed E-state index contributed by atoms with van der Waals surface area (Å²) in [6.45, 7) is 3.42. The summed E-state index contributed by atoms with van der Waals surface area (Å²) in [4.78, 5) is 24.1. The highest BCUT2D eigenvalue weighted by Crippen LogP contribution is 2.44. The van der Waals surface area contributed by atoms with Gasteiger partial charge in [0.1, 0.15) is 6.61 Å². The van der Waals surface area contributed by atoms with Crippen LogP contribution in [0.4, 0.5) is 0 Å². The fourth-order valence-electron chi connectivity index (χ4n) is 3.57. The third-order valence-electron chi connectivity index (χ3n) is 5.11. The second kappa shape index (κ2) is 8.08. The molecule has 0 bridgehead atoms. The monoisotopic (exact) mass is 394 g/mol. The molecule has 0 amide bonds. The van der Waals surface area contributed by atoms with Crippen molar-refractivity contribution in [3.63, 3.8) is 0 Å². The van der Waals surface area contributed by atoms with Crippen LogP contribution in [-0.4, -0.2) is 40.6 Å².